The molecule has 0 saturated heterocycles. The first-order chi connectivity index (χ1) is 13.5. The Hall–Kier alpha value is -2.58. The van der Waals surface area contributed by atoms with Gasteiger partial charge in [0.05, 0.1) is 26.9 Å². The number of nitrogens with one attached hydrogen (secondary N) is 1. The number of aryl methyl sites for hydroxylation is 1. The van der Waals surface area contributed by atoms with Crippen molar-refractivity contribution in [2.45, 2.75) is 20.4 Å². The van der Waals surface area contributed by atoms with Gasteiger partial charge in [0.15, 0.2) is 0 Å². The third kappa shape index (κ3) is 4.63. The summed E-state index contributed by atoms with van der Waals surface area (Å²) in [6, 6.07) is 5.78. The Morgan fingerprint density at radius 3 is 2.89 bits per heavy atom. The summed E-state index contributed by atoms with van der Waals surface area (Å²) in [6.07, 6.45) is 1.33. The Kier molecular flexibility index (Phi) is 6.53. The molecule has 8 nitrogen and oxygen atoms in total. The van der Waals surface area contributed by atoms with Gasteiger partial charge in [-0.25, -0.2) is 14.8 Å². The molecule has 0 fully saturated rings. The summed E-state index contributed by atoms with van der Waals surface area (Å²) in [5.41, 5.74) is 2.78. The number of carbonyl (C=O) groups is 1. The number of hydrogen-bond acceptors (Lipinski definition) is 7. The van der Waals surface area contributed by atoms with Crippen molar-refractivity contribution in [3.05, 3.63) is 40.7 Å². The van der Waals surface area contributed by atoms with Gasteiger partial charge in [-0.2, -0.15) is 0 Å². The second-order valence-corrected chi connectivity index (χ2v) is 6.77. The highest BCUT2D eigenvalue weighted by Crippen LogP contribution is 2.34. The number of methoxy groups -OCH3 is 1. The average molecular weight is 406 g/mol. The van der Waals surface area contributed by atoms with Crippen molar-refractivity contribution in [3.8, 4) is 0 Å². The number of aromatic nitrogens is 2. The Labute approximate surface area is 169 Å². The summed E-state index contributed by atoms with van der Waals surface area (Å²) in [5, 5.41) is 3.53. The van der Waals surface area contributed by atoms with Crippen LogP contribution in [0.3, 0.4) is 0 Å². The van der Waals surface area contributed by atoms with Crippen molar-refractivity contribution >= 4 is 35.0 Å². The van der Waals surface area contributed by atoms with E-state index in [9.17, 15) is 4.79 Å². The lowest BCUT2D eigenvalue weighted by molar-refractivity contribution is 0.114. The number of rotatable bonds is 6. The topological polar surface area (TPSA) is 79.8 Å². The minimum atomic E-state index is -0.408. The molecule has 0 bridgehead atoms. The fourth-order valence-electron chi connectivity index (χ4n) is 3.04. The van der Waals surface area contributed by atoms with Gasteiger partial charge in [-0.15, -0.1) is 0 Å². The molecule has 9 heteroatoms. The van der Waals surface area contributed by atoms with Crippen molar-refractivity contribution in [1.29, 1.82) is 0 Å². The zero-order chi connectivity index (χ0) is 20.1. The predicted molar refractivity (Wildman–Crippen MR) is 108 cm³/mol. The third-order valence-corrected chi connectivity index (χ3v) is 4.71. The molecule has 28 heavy (non-hydrogen) atoms. The number of pyridine rings is 2. The molecule has 150 valence electrons. The number of carbonyl (C=O) groups excluding carboxylic acids is 1. The van der Waals surface area contributed by atoms with Gasteiger partial charge in [0, 0.05) is 36.7 Å². The first-order valence-corrected chi connectivity index (χ1v) is 9.44. The Balaban J connectivity index is 1.91. The van der Waals surface area contributed by atoms with Gasteiger partial charge in [-0.3, -0.25) is 4.90 Å². The van der Waals surface area contributed by atoms with E-state index in [1.807, 2.05) is 36.9 Å². The number of nitrogens with zero attached hydrogens (tertiary/aromatic N) is 4. The highest BCUT2D eigenvalue weighted by atomic mass is 35.5. The van der Waals surface area contributed by atoms with Crippen molar-refractivity contribution in [3.63, 3.8) is 0 Å². The molecule has 2 aromatic heterocycles. The predicted octanol–water partition coefficient (Wildman–Crippen LogP) is 3.56. The Morgan fingerprint density at radius 2 is 2.18 bits per heavy atom. The number of ether oxygens (including phenoxy) is 2. The maximum absolute atomic E-state index is 12.1. The van der Waals surface area contributed by atoms with Crippen LogP contribution in [0.1, 0.15) is 18.1 Å². The SMILES string of the molecule is CCOCCN1CN(C(=O)OC)Cc2c1cc(Nc1cc(C)ccn1)nc2Cl. The van der Waals surface area contributed by atoms with Crippen molar-refractivity contribution in [1.82, 2.24) is 14.9 Å². The molecule has 2 aromatic rings. The number of anilines is 3. The third-order valence-electron chi connectivity index (χ3n) is 4.40. The molecule has 0 saturated carbocycles. The standard InChI is InChI=1S/C19H24ClN5O3/c1-4-28-8-7-24-12-25(19(26)27-3)11-14-15(24)10-17(23-18(14)20)22-16-9-13(2)5-6-21-16/h5-6,9-10H,4,7-8,11-12H2,1-3H3,(H,21,22,23). The second-order valence-electron chi connectivity index (χ2n) is 6.41. The molecule has 0 radical (unpaired) electrons. The lowest BCUT2D eigenvalue weighted by atomic mass is 10.1. The van der Waals surface area contributed by atoms with Gasteiger partial charge in [0.2, 0.25) is 0 Å². The van der Waals surface area contributed by atoms with Gasteiger partial charge < -0.3 is 19.7 Å². The van der Waals surface area contributed by atoms with Crippen LogP contribution in [-0.2, 0) is 16.0 Å². The zero-order valence-electron chi connectivity index (χ0n) is 16.2. The van der Waals surface area contributed by atoms with Gasteiger partial charge in [-0.05, 0) is 31.5 Å². The monoisotopic (exact) mass is 405 g/mol. The molecule has 3 heterocycles. The fourth-order valence-corrected chi connectivity index (χ4v) is 3.29. The largest absolute Gasteiger partial charge is 0.453 e. The van der Waals surface area contributed by atoms with E-state index in [1.165, 1.54) is 7.11 Å². The molecular weight excluding hydrogens is 382 g/mol. The number of halogens is 1. The normalized spacial score (nSPS) is 13.3. The molecule has 0 aliphatic carbocycles. The van der Waals surface area contributed by atoms with Crippen LogP contribution >= 0.6 is 11.6 Å². The number of fused-ring (bicyclic) bond motifs is 1. The molecule has 1 N–H and O–H groups in total. The Bertz CT molecular complexity index is 848. The molecular formula is C19H24ClN5O3. The lowest BCUT2D eigenvalue weighted by Gasteiger charge is -2.38. The first kappa shape index (κ1) is 20.2. The summed E-state index contributed by atoms with van der Waals surface area (Å²) < 4.78 is 10.4. The summed E-state index contributed by atoms with van der Waals surface area (Å²) >= 11 is 6.48. The maximum atomic E-state index is 12.1. The number of amides is 1. The van der Waals surface area contributed by atoms with Crippen LogP contribution in [0.25, 0.3) is 0 Å². The highest BCUT2D eigenvalue weighted by Gasteiger charge is 2.29. The molecule has 0 unspecified atom stereocenters. The van der Waals surface area contributed by atoms with Crippen LogP contribution in [-0.4, -0.2) is 54.5 Å². The fraction of sp³-hybridized carbons (Fsp3) is 0.421. The minimum Gasteiger partial charge on any atom is -0.453 e. The van der Waals surface area contributed by atoms with Crippen molar-refractivity contribution < 1.29 is 14.3 Å². The highest BCUT2D eigenvalue weighted by molar-refractivity contribution is 6.30. The molecule has 1 aliphatic heterocycles. The van der Waals surface area contributed by atoms with E-state index >= 15 is 0 Å². The summed E-state index contributed by atoms with van der Waals surface area (Å²) in [6.45, 7) is 6.44. The van der Waals surface area contributed by atoms with Crippen LogP contribution < -0.4 is 10.2 Å². The summed E-state index contributed by atoms with van der Waals surface area (Å²) in [5.74, 6) is 1.28. The molecule has 0 spiro atoms. The summed E-state index contributed by atoms with van der Waals surface area (Å²) in [7, 11) is 1.37. The second kappa shape index (κ2) is 9.07. The van der Waals surface area contributed by atoms with E-state index in [-0.39, 0.29) is 0 Å². The molecule has 1 amide bonds. The van der Waals surface area contributed by atoms with E-state index in [0.29, 0.717) is 49.8 Å². The van der Waals surface area contributed by atoms with Crippen LogP contribution in [0.15, 0.2) is 24.4 Å². The smallest absolute Gasteiger partial charge is 0.411 e. The van der Waals surface area contributed by atoms with E-state index in [2.05, 4.69) is 15.3 Å². The Morgan fingerprint density at radius 1 is 1.36 bits per heavy atom. The van der Waals surface area contributed by atoms with E-state index < -0.39 is 6.09 Å². The van der Waals surface area contributed by atoms with E-state index in [1.54, 1.807) is 11.1 Å². The van der Waals surface area contributed by atoms with Gasteiger partial charge in [0.1, 0.15) is 16.8 Å². The van der Waals surface area contributed by atoms with Crippen LogP contribution in [0, 0.1) is 6.92 Å². The van der Waals surface area contributed by atoms with Crippen LogP contribution in [0.5, 0.6) is 0 Å². The lowest BCUT2D eigenvalue weighted by Crippen LogP contribution is -2.46. The quantitative estimate of drug-likeness (QED) is 0.581. The number of hydrogen-bond donors (Lipinski definition) is 1. The minimum absolute atomic E-state index is 0.335. The molecule has 0 atom stereocenters. The van der Waals surface area contributed by atoms with Gasteiger partial charge in [0.25, 0.3) is 0 Å². The molecule has 3 rings (SSSR count). The van der Waals surface area contributed by atoms with Crippen molar-refractivity contribution in [2.75, 3.05) is 43.8 Å². The van der Waals surface area contributed by atoms with Gasteiger partial charge >= 0.3 is 6.09 Å². The zero-order valence-corrected chi connectivity index (χ0v) is 17.0. The van der Waals surface area contributed by atoms with Crippen LogP contribution in [0.2, 0.25) is 5.15 Å². The van der Waals surface area contributed by atoms with E-state index in [0.717, 1.165) is 16.8 Å². The maximum Gasteiger partial charge on any atom is 0.411 e. The average Bonchev–Trinajstić information content (AvgIpc) is 2.68. The molecule has 0 aromatic carbocycles. The first-order valence-electron chi connectivity index (χ1n) is 9.06. The van der Waals surface area contributed by atoms with E-state index in [4.69, 9.17) is 21.1 Å². The molecule has 1 aliphatic rings. The van der Waals surface area contributed by atoms with Crippen molar-refractivity contribution in [2.24, 2.45) is 0 Å². The van der Waals surface area contributed by atoms with Crippen LogP contribution in [0.4, 0.5) is 22.1 Å². The summed E-state index contributed by atoms with van der Waals surface area (Å²) in [4.78, 5) is 24.4. The van der Waals surface area contributed by atoms with Gasteiger partial charge in [-0.1, -0.05) is 11.6 Å².